The molecule has 0 heterocycles. The van der Waals surface area contributed by atoms with Crippen molar-refractivity contribution < 1.29 is 7.84 Å². The Labute approximate surface area is 51.2 Å². The molecule has 0 aliphatic rings. The molecule has 0 aromatic rings. The second-order valence-electron chi connectivity index (χ2n) is 1.08. The summed E-state index contributed by atoms with van der Waals surface area (Å²) in [7, 11) is 0. The van der Waals surface area contributed by atoms with E-state index in [1.54, 1.807) is 0 Å². The van der Waals surface area contributed by atoms with Gasteiger partial charge in [0.1, 0.15) is 0 Å². The van der Waals surface area contributed by atoms with Crippen molar-refractivity contribution in [1.29, 1.82) is 0 Å². The summed E-state index contributed by atoms with van der Waals surface area (Å²) >= 11 is -1.56. The molecule has 0 saturated carbocycles. The fraction of sp³-hybridized carbons (Fsp3) is 1.00. The predicted octanol–water partition coefficient (Wildman–Crippen LogP) is 0.750. The molecule has 0 rings (SSSR count). The Morgan fingerprint density at radius 1 is 1.43 bits per heavy atom. The summed E-state index contributed by atoms with van der Waals surface area (Å²) in [5, 5.41) is 0. The van der Waals surface area contributed by atoms with Gasteiger partial charge in [0, 0.05) is 0 Å². The van der Waals surface area contributed by atoms with E-state index in [1.165, 1.54) is 12.8 Å². The van der Waals surface area contributed by atoms with Crippen LogP contribution in [0.1, 0.15) is 26.7 Å². The van der Waals surface area contributed by atoms with Crippen molar-refractivity contribution in [2.75, 3.05) is 0 Å². The summed E-state index contributed by atoms with van der Waals surface area (Å²) in [6.45, 7) is 4.36. The molecule has 3 heteroatoms. The molecule has 0 unspecified atom stereocenters. The zero-order valence-electron chi connectivity index (χ0n) is 4.72. The fourth-order valence-corrected chi connectivity index (χ4v) is 0. The Balaban J connectivity index is 0. The molecule has 0 aliphatic heterocycles. The van der Waals surface area contributed by atoms with E-state index in [1.807, 2.05) is 0 Å². The first-order valence-corrected chi connectivity index (χ1v) is 3.90. The van der Waals surface area contributed by atoms with Gasteiger partial charge < -0.3 is 0 Å². The monoisotopic (exact) mass is 166 g/mol. The summed E-state index contributed by atoms with van der Waals surface area (Å²) in [6.07, 6.45) is 2.64. The van der Waals surface area contributed by atoms with Gasteiger partial charge in [0.05, 0.1) is 0 Å². The van der Waals surface area contributed by atoms with Gasteiger partial charge in [0.2, 0.25) is 0 Å². The van der Waals surface area contributed by atoms with Crippen molar-refractivity contribution in [3.63, 3.8) is 0 Å². The SMILES string of the molecule is CCCC.O=[As]O. The molecule has 0 saturated heterocycles. The van der Waals surface area contributed by atoms with Crippen LogP contribution in [-0.4, -0.2) is 20.1 Å². The number of hydrogen-bond acceptors (Lipinski definition) is 1. The Morgan fingerprint density at radius 3 is 1.57 bits per heavy atom. The molecule has 44 valence electrons. The molecule has 0 fully saturated rings. The molecular formula is C4H11AsO2. The number of rotatable bonds is 1. The van der Waals surface area contributed by atoms with Crippen molar-refractivity contribution in [2.24, 2.45) is 0 Å². The summed E-state index contributed by atoms with van der Waals surface area (Å²) in [5.41, 5.74) is 0. The second kappa shape index (κ2) is 16.2. The van der Waals surface area contributed by atoms with Gasteiger partial charge in [-0.05, 0) is 0 Å². The third-order valence-electron chi connectivity index (χ3n) is 0.500. The molecule has 0 amide bonds. The molecular weight excluding hydrogens is 155 g/mol. The summed E-state index contributed by atoms with van der Waals surface area (Å²) < 4.78 is 15.7. The molecule has 0 bridgehead atoms. The van der Waals surface area contributed by atoms with Crippen molar-refractivity contribution in [1.82, 2.24) is 0 Å². The minimum absolute atomic E-state index is 1.32. The zero-order chi connectivity index (χ0) is 6.12. The first kappa shape index (κ1) is 10.3. The van der Waals surface area contributed by atoms with Gasteiger partial charge in [-0.25, -0.2) is 0 Å². The minimum atomic E-state index is -1.56. The van der Waals surface area contributed by atoms with E-state index in [0.717, 1.165) is 0 Å². The van der Waals surface area contributed by atoms with Crippen LogP contribution >= 0.6 is 0 Å². The van der Waals surface area contributed by atoms with E-state index in [2.05, 4.69) is 13.8 Å². The molecule has 0 spiro atoms. The average molecular weight is 166 g/mol. The Hall–Kier alpha value is 0.318. The van der Waals surface area contributed by atoms with Crippen molar-refractivity contribution in [2.45, 2.75) is 26.7 Å². The van der Waals surface area contributed by atoms with E-state index in [0.29, 0.717) is 0 Å². The molecule has 0 atom stereocenters. The van der Waals surface area contributed by atoms with Crippen molar-refractivity contribution in [3.8, 4) is 0 Å². The Morgan fingerprint density at radius 2 is 1.57 bits per heavy atom. The topological polar surface area (TPSA) is 37.3 Å². The van der Waals surface area contributed by atoms with Gasteiger partial charge in [-0.15, -0.1) is 0 Å². The second-order valence-corrected chi connectivity index (χ2v) is 1.42. The van der Waals surface area contributed by atoms with E-state index in [-0.39, 0.29) is 0 Å². The first-order valence-electron chi connectivity index (χ1n) is 2.30. The number of hydrogen-bond donors (Lipinski definition) is 1. The van der Waals surface area contributed by atoms with Crippen LogP contribution in [0.5, 0.6) is 0 Å². The molecule has 1 N–H and O–H groups in total. The van der Waals surface area contributed by atoms with Crippen LogP contribution in [0.25, 0.3) is 0 Å². The maximum atomic E-state index is 8.58. The van der Waals surface area contributed by atoms with Gasteiger partial charge in [0.15, 0.2) is 0 Å². The third-order valence-corrected chi connectivity index (χ3v) is 0.500. The number of unbranched alkanes of at least 4 members (excludes halogenated alkanes) is 1. The van der Waals surface area contributed by atoms with Gasteiger partial charge in [0.25, 0.3) is 0 Å². The third kappa shape index (κ3) is 67.8. The van der Waals surface area contributed by atoms with Crippen molar-refractivity contribution >= 4 is 16.0 Å². The fourth-order valence-electron chi connectivity index (χ4n) is 0. The van der Waals surface area contributed by atoms with E-state index < -0.39 is 16.0 Å². The standard InChI is InChI=1S/C4H10.AsHO2/c1-3-4-2;2-1-3/h3-4H2,1-2H3;(H,2,3). The van der Waals surface area contributed by atoms with Crippen LogP contribution in [0.4, 0.5) is 0 Å². The Bertz CT molecular complexity index is 28.9. The molecule has 2 nitrogen and oxygen atoms in total. The van der Waals surface area contributed by atoms with Crippen LogP contribution in [0.3, 0.4) is 0 Å². The summed E-state index contributed by atoms with van der Waals surface area (Å²) in [6, 6.07) is 0. The summed E-state index contributed by atoms with van der Waals surface area (Å²) in [4.78, 5) is 0. The first-order chi connectivity index (χ1) is 3.33. The van der Waals surface area contributed by atoms with E-state index >= 15 is 0 Å². The van der Waals surface area contributed by atoms with Gasteiger partial charge in [-0.3, -0.25) is 0 Å². The van der Waals surface area contributed by atoms with Crippen LogP contribution in [0.2, 0.25) is 0 Å². The molecule has 7 heavy (non-hydrogen) atoms. The normalized spacial score (nSPS) is 7.29. The molecule has 0 radical (unpaired) electrons. The van der Waals surface area contributed by atoms with Crippen molar-refractivity contribution in [3.05, 3.63) is 0 Å². The molecule has 0 aromatic carbocycles. The van der Waals surface area contributed by atoms with Crippen LogP contribution in [0, 0.1) is 0 Å². The Kier molecular flexibility index (Phi) is 23.9. The molecule has 0 aliphatic carbocycles. The average Bonchev–Trinajstić information content (AvgIpc) is 1.69. The van der Waals surface area contributed by atoms with Crippen LogP contribution in [-0.2, 0) is 3.74 Å². The van der Waals surface area contributed by atoms with Gasteiger partial charge >= 0.3 is 23.9 Å². The summed E-state index contributed by atoms with van der Waals surface area (Å²) in [5.74, 6) is 0. The quantitative estimate of drug-likeness (QED) is 0.583. The maximum absolute atomic E-state index is 8.58. The molecule has 0 aromatic heterocycles. The van der Waals surface area contributed by atoms with Gasteiger partial charge in [-0.2, -0.15) is 0 Å². The van der Waals surface area contributed by atoms with E-state index in [4.69, 9.17) is 7.84 Å². The van der Waals surface area contributed by atoms with Crippen LogP contribution < -0.4 is 0 Å². The van der Waals surface area contributed by atoms with Gasteiger partial charge in [-0.1, -0.05) is 26.7 Å². The van der Waals surface area contributed by atoms with Crippen LogP contribution in [0.15, 0.2) is 0 Å². The zero-order valence-corrected chi connectivity index (χ0v) is 6.59. The van der Waals surface area contributed by atoms with E-state index in [9.17, 15) is 0 Å². The predicted molar refractivity (Wildman–Crippen MR) is 29.2 cm³/mol.